The first-order valence-electron chi connectivity index (χ1n) is 8.38. The number of hydrogen-bond acceptors (Lipinski definition) is 2. The number of hydrogen-bond donors (Lipinski definition) is 0. The second kappa shape index (κ2) is 6.48. The van der Waals surface area contributed by atoms with Crippen molar-refractivity contribution in [2.45, 2.75) is 6.54 Å². The molecule has 0 radical (unpaired) electrons. The predicted molar refractivity (Wildman–Crippen MR) is 116 cm³/mol. The highest BCUT2D eigenvalue weighted by Gasteiger charge is 2.15. The lowest BCUT2D eigenvalue weighted by atomic mass is 10.2. The Balaban J connectivity index is 1.82. The van der Waals surface area contributed by atoms with E-state index in [-0.39, 0.29) is 0 Å². The summed E-state index contributed by atoms with van der Waals surface area (Å²) in [5, 5.41) is 2.17. The van der Waals surface area contributed by atoms with E-state index in [1.54, 1.807) is 0 Å². The lowest BCUT2D eigenvalue weighted by Gasteiger charge is -2.08. The van der Waals surface area contributed by atoms with Crippen molar-refractivity contribution < 1.29 is 0 Å². The van der Waals surface area contributed by atoms with Crippen LogP contribution in [0.5, 0.6) is 0 Å². The van der Waals surface area contributed by atoms with Gasteiger partial charge in [0.2, 0.25) is 0 Å². The van der Waals surface area contributed by atoms with Crippen molar-refractivity contribution in [1.29, 1.82) is 0 Å². The Kier molecular flexibility index (Phi) is 4.08. The van der Waals surface area contributed by atoms with Crippen LogP contribution >= 0.6 is 39.1 Å². The fraction of sp³-hybridized carbons (Fsp3) is 0.0476. The summed E-state index contributed by atoms with van der Waals surface area (Å²) in [4.78, 5) is 9.80. The van der Waals surface area contributed by atoms with E-state index in [1.165, 1.54) is 0 Å². The predicted octanol–water partition coefficient (Wildman–Crippen LogP) is 6.86. The molecule has 5 aromatic rings. The van der Waals surface area contributed by atoms with Gasteiger partial charge in [-0.05, 0) is 48.0 Å². The molecule has 3 aromatic carbocycles. The highest BCUT2D eigenvalue weighted by molar-refractivity contribution is 9.10. The second-order valence-corrected chi connectivity index (χ2v) is 8.11. The van der Waals surface area contributed by atoms with Crippen molar-refractivity contribution in [2.75, 3.05) is 0 Å². The molecule has 5 rings (SSSR count). The summed E-state index contributed by atoms with van der Waals surface area (Å²) in [6, 6.07) is 19.8. The van der Waals surface area contributed by atoms with Crippen LogP contribution in [0.3, 0.4) is 0 Å². The first-order valence-corrected chi connectivity index (χ1v) is 9.93. The lowest BCUT2D eigenvalue weighted by molar-refractivity contribution is 0.857. The van der Waals surface area contributed by atoms with Gasteiger partial charge in [0.1, 0.15) is 5.52 Å². The van der Waals surface area contributed by atoms with Crippen LogP contribution in [0.25, 0.3) is 33.1 Å². The maximum atomic E-state index is 6.21. The second-order valence-electron chi connectivity index (χ2n) is 6.38. The number of benzene rings is 3. The van der Waals surface area contributed by atoms with Crippen LogP contribution in [0, 0.1) is 0 Å². The van der Waals surface area contributed by atoms with Gasteiger partial charge in [-0.15, -0.1) is 0 Å². The summed E-state index contributed by atoms with van der Waals surface area (Å²) in [7, 11) is 0. The molecule has 27 heavy (non-hydrogen) atoms. The van der Waals surface area contributed by atoms with E-state index in [0.29, 0.717) is 16.6 Å². The van der Waals surface area contributed by atoms with Crippen LogP contribution in [0.1, 0.15) is 5.56 Å². The van der Waals surface area contributed by atoms with Gasteiger partial charge in [-0.3, -0.25) is 0 Å². The molecule has 0 saturated carbocycles. The molecule has 0 spiro atoms. The van der Waals surface area contributed by atoms with Gasteiger partial charge in [-0.2, -0.15) is 0 Å². The van der Waals surface area contributed by atoms with E-state index >= 15 is 0 Å². The van der Waals surface area contributed by atoms with E-state index in [0.717, 1.165) is 43.1 Å². The molecular formula is C21H12BrCl2N3. The van der Waals surface area contributed by atoms with Crippen molar-refractivity contribution in [1.82, 2.24) is 14.5 Å². The van der Waals surface area contributed by atoms with Gasteiger partial charge in [0.05, 0.1) is 26.6 Å². The van der Waals surface area contributed by atoms with Gasteiger partial charge in [-0.1, -0.05) is 57.3 Å². The van der Waals surface area contributed by atoms with E-state index in [4.69, 9.17) is 33.2 Å². The third-order valence-electron chi connectivity index (χ3n) is 4.64. The summed E-state index contributed by atoms with van der Waals surface area (Å²) < 4.78 is 3.19. The van der Waals surface area contributed by atoms with Crippen LogP contribution < -0.4 is 0 Å². The molecule has 0 N–H and O–H groups in total. The Morgan fingerprint density at radius 2 is 1.63 bits per heavy atom. The zero-order valence-electron chi connectivity index (χ0n) is 14.0. The van der Waals surface area contributed by atoms with Crippen LogP contribution in [0.15, 0.2) is 65.1 Å². The number of nitrogens with zero attached hydrogens (tertiary/aromatic N) is 3. The van der Waals surface area contributed by atoms with Gasteiger partial charge in [0.15, 0.2) is 5.65 Å². The molecule has 6 heteroatoms. The molecular weight excluding hydrogens is 445 g/mol. The maximum Gasteiger partial charge on any atom is 0.160 e. The number of halogens is 3. The van der Waals surface area contributed by atoms with Gasteiger partial charge in [-0.25, -0.2) is 9.97 Å². The molecule has 0 saturated heterocycles. The third-order valence-corrected chi connectivity index (χ3v) is 5.87. The summed E-state index contributed by atoms with van der Waals surface area (Å²) in [5.41, 5.74) is 5.65. The molecule has 0 aliphatic carbocycles. The standard InChI is InChI=1S/C21H12BrCl2N3/c22-13-6-8-19-14(10-13)20-21(26-18-4-2-1-3-17(18)25-20)27(19)11-12-5-7-15(23)16(24)9-12/h1-10H,11H2. The molecule has 2 aromatic heterocycles. The van der Waals surface area contributed by atoms with Crippen LogP contribution in [-0.4, -0.2) is 14.5 Å². The molecule has 0 bridgehead atoms. The Labute approximate surface area is 173 Å². The Morgan fingerprint density at radius 1 is 0.852 bits per heavy atom. The zero-order valence-corrected chi connectivity index (χ0v) is 17.1. The summed E-state index contributed by atoms with van der Waals surface area (Å²) in [5.74, 6) is 0. The Hall–Kier alpha value is -2.14. The minimum Gasteiger partial charge on any atom is -0.319 e. The molecule has 0 fully saturated rings. The number of rotatable bonds is 2. The number of para-hydroxylation sites is 2. The third kappa shape index (κ3) is 2.89. The van der Waals surface area contributed by atoms with Gasteiger partial charge >= 0.3 is 0 Å². The summed E-state index contributed by atoms with van der Waals surface area (Å²) >= 11 is 15.9. The molecule has 0 aliphatic heterocycles. The average molecular weight is 457 g/mol. The molecule has 2 heterocycles. The minimum absolute atomic E-state index is 0.550. The largest absolute Gasteiger partial charge is 0.319 e. The quantitative estimate of drug-likeness (QED) is 0.290. The van der Waals surface area contributed by atoms with E-state index in [9.17, 15) is 0 Å². The van der Waals surface area contributed by atoms with E-state index < -0.39 is 0 Å². The molecule has 0 aliphatic rings. The van der Waals surface area contributed by atoms with Crippen molar-refractivity contribution in [3.8, 4) is 0 Å². The minimum atomic E-state index is 0.550. The summed E-state index contributed by atoms with van der Waals surface area (Å²) in [6.45, 7) is 0.630. The van der Waals surface area contributed by atoms with Crippen molar-refractivity contribution in [3.63, 3.8) is 0 Å². The first-order chi connectivity index (χ1) is 13.1. The van der Waals surface area contributed by atoms with E-state index in [2.05, 4.69) is 32.6 Å². The van der Waals surface area contributed by atoms with Crippen LogP contribution in [-0.2, 0) is 6.54 Å². The van der Waals surface area contributed by atoms with Gasteiger partial charge in [0.25, 0.3) is 0 Å². The van der Waals surface area contributed by atoms with Crippen LogP contribution in [0.2, 0.25) is 10.0 Å². The van der Waals surface area contributed by atoms with Crippen molar-refractivity contribution in [2.24, 2.45) is 0 Å². The summed E-state index contributed by atoms with van der Waals surface area (Å²) in [6.07, 6.45) is 0. The first kappa shape index (κ1) is 17.0. The highest BCUT2D eigenvalue weighted by atomic mass is 79.9. The SMILES string of the molecule is Clc1ccc(Cn2c3ccc(Br)cc3c3nc4ccccc4nc32)cc1Cl. The monoisotopic (exact) mass is 455 g/mol. The Morgan fingerprint density at radius 3 is 2.41 bits per heavy atom. The highest BCUT2D eigenvalue weighted by Crippen LogP contribution is 2.32. The fourth-order valence-corrected chi connectivity index (χ4v) is 4.07. The fourth-order valence-electron chi connectivity index (χ4n) is 3.39. The van der Waals surface area contributed by atoms with E-state index in [1.807, 2.05) is 48.5 Å². The zero-order chi connectivity index (χ0) is 18.5. The average Bonchev–Trinajstić information content (AvgIpc) is 2.95. The molecule has 0 atom stereocenters. The molecule has 3 nitrogen and oxygen atoms in total. The van der Waals surface area contributed by atoms with Crippen molar-refractivity contribution in [3.05, 3.63) is 80.7 Å². The maximum absolute atomic E-state index is 6.21. The molecule has 0 unspecified atom stereocenters. The lowest BCUT2D eigenvalue weighted by Crippen LogP contribution is -2.01. The smallest absolute Gasteiger partial charge is 0.160 e. The topological polar surface area (TPSA) is 30.7 Å². The van der Waals surface area contributed by atoms with Gasteiger partial charge < -0.3 is 4.57 Å². The van der Waals surface area contributed by atoms with Crippen molar-refractivity contribution >= 4 is 72.2 Å². The Bertz CT molecular complexity index is 1340. The number of fused-ring (bicyclic) bond motifs is 4. The molecule has 132 valence electrons. The normalized spacial score (nSPS) is 11.7. The molecule has 0 amide bonds. The van der Waals surface area contributed by atoms with Gasteiger partial charge in [0, 0.05) is 16.4 Å². The number of aromatic nitrogens is 3. The van der Waals surface area contributed by atoms with Crippen LogP contribution in [0.4, 0.5) is 0 Å².